The predicted octanol–water partition coefficient (Wildman–Crippen LogP) is 2.84. The Kier molecular flexibility index (Phi) is 2.55. The van der Waals surface area contributed by atoms with E-state index in [4.69, 9.17) is 0 Å². The van der Waals surface area contributed by atoms with Gasteiger partial charge in [-0.3, -0.25) is 0 Å². The van der Waals surface area contributed by atoms with Crippen LogP contribution in [0.15, 0.2) is 12.1 Å². The molecule has 0 aromatic carbocycles. The van der Waals surface area contributed by atoms with Gasteiger partial charge in [-0.05, 0) is 34.7 Å². The molecule has 0 aliphatic rings. The molecule has 6 heteroatoms. The average molecular weight is 291 g/mol. The van der Waals surface area contributed by atoms with Gasteiger partial charge in [0, 0.05) is 0 Å². The highest BCUT2D eigenvalue weighted by Gasteiger charge is 2.32. The number of alkyl halides is 3. The Morgan fingerprint density at radius 1 is 1.25 bits per heavy atom. The van der Waals surface area contributed by atoms with Crippen molar-refractivity contribution < 1.29 is 17.6 Å². The van der Waals surface area contributed by atoms with Gasteiger partial charge in [0.25, 0.3) is 0 Å². The third-order valence-electron chi connectivity index (χ3n) is 1.09. The summed E-state index contributed by atoms with van der Waals surface area (Å²) in [5, 5.41) is 0. The van der Waals surface area contributed by atoms with Crippen molar-refractivity contribution in [2.45, 2.75) is 6.18 Å². The van der Waals surface area contributed by atoms with Crippen LogP contribution in [0.2, 0.25) is 0 Å². The summed E-state index contributed by atoms with van der Waals surface area (Å²) in [5.41, 5.74) is -1.21. The molecule has 0 amide bonds. The molecule has 0 N–H and O–H groups in total. The normalized spacial score (nSPS) is 11.8. The van der Waals surface area contributed by atoms with Crippen LogP contribution >= 0.6 is 22.6 Å². The molecule has 0 fully saturated rings. The monoisotopic (exact) mass is 291 g/mol. The molecular formula is C6H2F4IN. The summed E-state index contributed by atoms with van der Waals surface area (Å²) in [6.07, 6.45) is -4.58. The number of aromatic nitrogens is 1. The topological polar surface area (TPSA) is 12.9 Å². The highest BCUT2D eigenvalue weighted by molar-refractivity contribution is 14.1. The summed E-state index contributed by atoms with van der Waals surface area (Å²) in [6, 6.07) is 1.77. The van der Waals surface area contributed by atoms with E-state index in [1.54, 1.807) is 22.6 Å². The van der Waals surface area contributed by atoms with Gasteiger partial charge >= 0.3 is 6.18 Å². The molecule has 0 aliphatic heterocycles. The summed E-state index contributed by atoms with van der Waals surface area (Å²) < 4.78 is 48.2. The van der Waals surface area contributed by atoms with E-state index in [0.29, 0.717) is 0 Å². The van der Waals surface area contributed by atoms with E-state index in [-0.39, 0.29) is 3.57 Å². The molecule has 0 aliphatic carbocycles. The molecule has 0 atom stereocenters. The van der Waals surface area contributed by atoms with Gasteiger partial charge in [0.2, 0.25) is 5.95 Å². The van der Waals surface area contributed by atoms with Crippen molar-refractivity contribution in [3.05, 3.63) is 27.3 Å². The van der Waals surface area contributed by atoms with E-state index in [2.05, 4.69) is 4.98 Å². The van der Waals surface area contributed by atoms with E-state index >= 15 is 0 Å². The Morgan fingerprint density at radius 3 is 2.25 bits per heavy atom. The van der Waals surface area contributed by atoms with E-state index in [1.807, 2.05) is 0 Å². The van der Waals surface area contributed by atoms with Crippen LogP contribution in [0.25, 0.3) is 0 Å². The highest BCUT2D eigenvalue weighted by Crippen LogP contribution is 2.28. The van der Waals surface area contributed by atoms with E-state index < -0.39 is 17.8 Å². The van der Waals surface area contributed by atoms with Crippen molar-refractivity contribution in [1.82, 2.24) is 4.98 Å². The molecule has 1 nitrogen and oxygen atoms in total. The lowest BCUT2D eigenvalue weighted by molar-refractivity contribution is -0.141. The molecular weight excluding hydrogens is 289 g/mol. The first kappa shape index (κ1) is 9.69. The second-order valence-electron chi connectivity index (χ2n) is 1.97. The maximum Gasteiger partial charge on any atom is 0.433 e. The van der Waals surface area contributed by atoms with Crippen LogP contribution < -0.4 is 0 Å². The van der Waals surface area contributed by atoms with Crippen molar-refractivity contribution >= 4 is 22.6 Å². The minimum absolute atomic E-state index is 0.0700. The van der Waals surface area contributed by atoms with Gasteiger partial charge in [-0.1, -0.05) is 0 Å². The number of halogens is 5. The fraction of sp³-hybridized carbons (Fsp3) is 0.167. The van der Waals surface area contributed by atoms with Crippen LogP contribution in [-0.4, -0.2) is 4.98 Å². The van der Waals surface area contributed by atoms with Crippen molar-refractivity contribution in [3.63, 3.8) is 0 Å². The Labute approximate surface area is 78.9 Å². The number of nitrogens with zero attached hydrogens (tertiary/aromatic N) is 1. The largest absolute Gasteiger partial charge is 0.433 e. The number of pyridine rings is 1. The van der Waals surface area contributed by atoms with Crippen LogP contribution in [0.4, 0.5) is 17.6 Å². The molecule has 0 bridgehead atoms. The number of hydrogen-bond acceptors (Lipinski definition) is 1. The lowest BCUT2D eigenvalue weighted by Gasteiger charge is -2.04. The Bertz CT molecular complexity index is 296. The maximum absolute atomic E-state index is 12.5. The molecule has 66 valence electrons. The zero-order chi connectivity index (χ0) is 9.35. The smallest absolute Gasteiger partial charge is 0.214 e. The minimum Gasteiger partial charge on any atom is -0.214 e. The number of hydrogen-bond donors (Lipinski definition) is 0. The van der Waals surface area contributed by atoms with Crippen LogP contribution in [-0.2, 0) is 6.18 Å². The third-order valence-corrected chi connectivity index (χ3v) is 1.90. The molecule has 1 rings (SSSR count). The van der Waals surface area contributed by atoms with Crippen LogP contribution in [0.1, 0.15) is 5.69 Å². The molecule has 0 saturated heterocycles. The first-order valence-corrected chi connectivity index (χ1v) is 3.88. The summed E-state index contributed by atoms with van der Waals surface area (Å²) in [6.45, 7) is 0. The lowest BCUT2D eigenvalue weighted by Crippen LogP contribution is -2.09. The van der Waals surface area contributed by atoms with Crippen molar-refractivity contribution in [2.24, 2.45) is 0 Å². The summed E-state index contributed by atoms with van der Waals surface area (Å²) >= 11 is 1.56. The second kappa shape index (κ2) is 3.15. The Hall–Kier alpha value is -0.400. The highest BCUT2D eigenvalue weighted by atomic mass is 127. The Morgan fingerprint density at radius 2 is 1.83 bits per heavy atom. The standard InChI is InChI=1S/C6H2F4IN/c7-5-3(11)1-2-4(12-5)6(8,9)10/h1-2H. The van der Waals surface area contributed by atoms with Gasteiger partial charge in [0.1, 0.15) is 5.69 Å². The zero-order valence-electron chi connectivity index (χ0n) is 5.49. The molecule has 0 radical (unpaired) electrons. The van der Waals surface area contributed by atoms with Gasteiger partial charge in [0.15, 0.2) is 0 Å². The summed E-state index contributed by atoms with van der Waals surface area (Å²) in [5.74, 6) is -1.09. The molecule has 1 aromatic heterocycles. The van der Waals surface area contributed by atoms with E-state index in [1.165, 1.54) is 0 Å². The van der Waals surface area contributed by atoms with Gasteiger partial charge in [-0.15, -0.1) is 0 Å². The van der Waals surface area contributed by atoms with Crippen LogP contribution in [0, 0.1) is 9.52 Å². The van der Waals surface area contributed by atoms with Crippen LogP contribution in [0.3, 0.4) is 0 Å². The fourth-order valence-electron chi connectivity index (χ4n) is 0.575. The predicted molar refractivity (Wildman–Crippen MR) is 41.9 cm³/mol. The molecule has 0 unspecified atom stereocenters. The van der Waals surface area contributed by atoms with Crippen LogP contribution in [0.5, 0.6) is 0 Å². The van der Waals surface area contributed by atoms with Crippen molar-refractivity contribution in [1.29, 1.82) is 0 Å². The SMILES string of the molecule is Fc1nc(C(F)(F)F)ccc1I. The summed E-state index contributed by atoms with van der Waals surface area (Å²) in [7, 11) is 0. The second-order valence-corrected chi connectivity index (χ2v) is 3.13. The van der Waals surface area contributed by atoms with Gasteiger partial charge in [0.05, 0.1) is 3.57 Å². The fourth-order valence-corrected chi connectivity index (χ4v) is 0.876. The zero-order valence-corrected chi connectivity index (χ0v) is 7.65. The minimum atomic E-state index is -4.58. The van der Waals surface area contributed by atoms with Gasteiger partial charge in [-0.25, -0.2) is 4.98 Å². The van der Waals surface area contributed by atoms with E-state index in [0.717, 1.165) is 12.1 Å². The van der Waals surface area contributed by atoms with Gasteiger partial charge < -0.3 is 0 Å². The first-order valence-electron chi connectivity index (χ1n) is 2.80. The van der Waals surface area contributed by atoms with Crippen molar-refractivity contribution in [3.8, 4) is 0 Å². The Balaban J connectivity index is 3.14. The molecule has 0 spiro atoms. The van der Waals surface area contributed by atoms with Gasteiger partial charge in [-0.2, -0.15) is 17.6 Å². The lowest BCUT2D eigenvalue weighted by atomic mass is 10.3. The average Bonchev–Trinajstić information content (AvgIpc) is 1.92. The maximum atomic E-state index is 12.5. The molecule has 12 heavy (non-hydrogen) atoms. The number of rotatable bonds is 0. The molecule has 1 aromatic rings. The summed E-state index contributed by atoms with van der Waals surface area (Å²) in [4.78, 5) is 2.74. The third kappa shape index (κ3) is 2.05. The first-order chi connectivity index (χ1) is 5.41. The molecule has 1 heterocycles. The van der Waals surface area contributed by atoms with Crippen molar-refractivity contribution in [2.75, 3.05) is 0 Å². The quantitative estimate of drug-likeness (QED) is 0.407. The molecule has 0 saturated carbocycles. The van der Waals surface area contributed by atoms with E-state index in [9.17, 15) is 17.6 Å².